The first-order valence-corrected chi connectivity index (χ1v) is 6.70. The van der Waals surface area contributed by atoms with Crippen LogP contribution in [0.25, 0.3) is 0 Å². The third-order valence-corrected chi connectivity index (χ3v) is 3.28. The molecule has 0 aliphatic heterocycles. The van der Waals surface area contributed by atoms with Crippen LogP contribution in [0.1, 0.15) is 10.4 Å². The molecule has 98 valence electrons. The molecule has 3 nitrogen and oxygen atoms in total. The number of amides is 1. The Bertz CT molecular complexity index is 562. The predicted octanol–water partition coefficient (Wildman–Crippen LogP) is 3.77. The van der Waals surface area contributed by atoms with E-state index in [4.69, 9.17) is 0 Å². The Hall–Kier alpha value is -1.81. The van der Waals surface area contributed by atoms with E-state index in [-0.39, 0.29) is 5.91 Å². The summed E-state index contributed by atoms with van der Waals surface area (Å²) < 4.78 is 0.987. The van der Waals surface area contributed by atoms with E-state index in [9.17, 15) is 4.79 Å². The van der Waals surface area contributed by atoms with Gasteiger partial charge in [-0.3, -0.25) is 4.79 Å². The summed E-state index contributed by atoms with van der Waals surface area (Å²) in [6.07, 6.45) is 0. The number of hydrogen-bond acceptors (Lipinski definition) is 2. The number of carbonyl (C=O) groups excluding carboxylic acids is 1. The molecule has 19 heavy (non-hydrogen) atoms. The van der Waals surface area contributed by atoms with E-state index >= 15 is 0 Å². The zero-order valence-electron chi connectivity index (χ0n) is 10.9. The molecular formula is C15H15BrN2O. The molecule has 1 N–H and O–H groups in total. The Morgan fingerprint density at radius 1 is 1.00 bits per heavy atom. The maximum Gasteiger partial charge on any atom is 0.255 e. The van der Waals surface area contributed by atoms with Gasteiger partial charge in [0, 0.05) is 35.5 Å². The highest BCUT2D eigenvalue weighted by Crippen LogP contribution is 2.16. The first-order chi connectivity index (χ1) is 9.06. The number of nitrogens with zero attached hydrogens (tertiary/aromatic N) is 1. The molecule has 2 aromatic rings. The third-order valence-electron chi connectivity index (χ3n) is 2.75. The molecule has 0 saturated heterocycles. The van der Waals surface area contributed by atoms with Crippen LogP contribution in [0.3, 0.4) is 0 Å². The van der Waals surface area contributed by atoms with Crippen molar-refractivity contribution < 1.29 is 4.79 Å². The van der Waals surface area contributed by atoms with Crippen molar-refractivity contribution in [1.29, 1.82) is 0 Å². The van der Waals surface area contributed by atoms with Crippen molar-refractivity contribution in [3.8, 4) is 0 Å². The minimum atomic E-state index is -0.104. The van der Waals surface area contributed by atoms with Crippen LogP contribution in [-0.4, -0.2) is 20.0 Å². The molecule has 4 heteroatoms. The summed E-state index contributed by atoms with van der Waals surface area (Å²) in [7, 11) is 3.94. The first kappa shape index (κ1) is 13.6. The van der Waals surface area contributed by atoms with E-state index in [1.807, 2.05) is 67.5 Å². The summed E-state index contributed by atoms with van der Waals surface area (Å²) in [5, 5.41) is 2.86. The van der Waals surface area contributed by atoms with Gasteiger partial charge in [-0.2, -0.15) is 0 Å². The molecule has 0 aliphatic carbocycles. The van der Waals surface area contributed by atoms with Crippen LogP contribution in [-0.2, 0) is 0 Å². The quantitative estimate of drug-likeness (QED) is 0.934. The Kier molecular flexibility index (Phi) is 4.22. The highest BCUT2D eigenvalue weighted by molar-refractivity contribution is 9.10. The number of carbonyl (C=O) groups is 1. The summed E-state index contributed by atoms with van der Waals surface area (Å²) in [5.41, 5.74) is 2.50. The van der Waals surface area contributed by atoms with Crippen LogP contribution < -0.4 is 10.2 Å². The molecule has 0 atom stereocenters. The normalized spacial score (nSPS) is 10.1. The molecule has 0 aromatic heterocycles. The second kappa shape index (κ2) is 5.89. The van der Waals surface area contributed by atoms with Crippen molar-refractivity contribution in [1.82, 2.24) is 0 Å². The first-order valence-electron chi connectivity index (χ1n) is 5.90. The predicted molar refractivity (Wildman–Crippen MR) is 82.9 cm³/mol. The molecule has 2 rings (SSSR count). The second-order valence-electron chi connectivity index (χ2n) is 4.40. The van der Waals surface area contributed by atoms with Crippen LogP contribution in [0.15, 0.2) is 53.0 Å². The van der Waals surface area contributed by atoms with Crippen LogP contribution in [0.4, 0.5) is 11.4 Å². The van der Waals surface area contributed by atoms with Crippen molar-refractivity contribution >= 4 is 33.2 Å². The van der Waals surface area contributed by atoms with Crippen LogP contribution in [0.2, 0.25) is 0 Å². The number of halogens is 1. The molecule has 0 heterocycles. The van der Waals surface area contributed by atoms with Crippen molar-refractivity contribution in [2.45, 2.75) is 0 Å². The fraction of sp³-hybridized carbons (Fsp3) is 0.133. The number of rotatable bonds is 3. The zero-order chi connectivity index (χ0) is 13.8. The van der Waals surface area contributed by atoms with Gasteiger partial charge >= 0.3 is 0 Å². The zero-order valence-corrected chi connectivity index (χ0v) is 12.4. The minimum absolute atomic E-state index is 0.104. The highest BCUT2D eigenvalue weighted by atomic mass is 79.9. The lowest BCUT2D eigenvalue weighted by Gasteiger charge is -2.12. The molecule has 1 amide bonds. The smallest absolute Gasteiger partial charge is 0.255 e. The molecule has 2 aromatic carbocycles. The van der Waals surface area contributed by atoms with Crippen molar-refractivity contribution in [3.63, 3.8) is 0 Å². The fourth-order valence-corrected chi connectivity index (χ4v) is 1.91. The van der Waals surface area contributed by atoms with Gasteiger partial charge < -0.3 is 10.2 Å². The Labute approximate surface area is 121 Å². The molecule has 0 radical (unpaired) electrons. The fourth-order valence-electron chi connectivity index (χ4n) is 1.65. The molecular weight excluding hydrogens is 304 g/mol. The topological polar surface area (TPSA) is 32.3 Å². The second-order valence-corrected chi connectivity index (χ2v) is 5.32. The summed E-state index contributed by atoms with van der Waals surface area (Å²) >= 11 is 3.36. The van der Waals surface area contributed by atoms with Crippen LogP contribution in [0.5, 0.6) is 0 Å². The van der Waals surface area contributed by atoms with Gasteiger partial charge in [0.15, 0.2) is 0 Å². The molecule has 0 bridgehead atoms. The van der Waals surface area contributed by atoms with Gasteiger partial charge in [0.05, 0.1) is 0 Å². The molecule has 0 unspecified atom stereocenters. The van der Waals surface area contributed by atoms with Crippen LogP contribution in [0, 0.1) is 0 Å². The van der Waals surface area contributed by atoms with Gasteiger partial charge in [0.25, 0.3) is 5.91 Å². The summed E-state index contributed by atoms with van der Waals surface area (Å²) in [4.78, 5) is 14.0. The lowest BCUT2D eigenvalue weighted by atomic mass is 10.2. The largest absolute Gasteiger partial charge is 0.378 e. The summed E-state index contributed by atoms with van der Waals surface area (Å²) in [5.74, 6) is -0.104. The number of hydrogen-bond donors (Lipinski definition) is 1. The van der Waals surface area contributed by atoms with Gasteiger partial charge in [-0.15, -0.1) is 0 Å². The van der Waals surface area contributed by atoms with E-state index in [1.165, 1.54) is 0 Å². The van der Waals surface area contributed by atoms with E-state index < -0.39 is 0 Å². The van der Waals surface area contributed by atoms with E-state index in [0.29, 0.717) is 5.56 Å². The number of benzene rings is 2. The Balaban J connectivity index is 2.09. The Morgan fingerprint density at radius 3 is 2.11 bits per heavy atom. The van der Waals surface area contributed by atoms with Crippen molar-refractivity contribution in [2.24, 2.45) is 0 Å². The van der Waals surface area contributed by atoms with Gasteiger partial charge in [0.2, 0.25) is 0 Å². The summed E-state index contributed by atoms with van der Waals surface area (Å²) in [6.45, 7) is 0. The SMILES string of the molecule is CN(C)c1ccc(C(=O)Nc2ccc(Br)cc2)cc1. The molecule has 0 fully saturated rings. The number of nitrogens with one attached hydrogen (secondary N) is 1. The average Bonchev–Trinajstić information content (AvgIpc) is 2.41. The van der Waals surface area contributed by atoms with Gasteiger partial charge in [-0.1, -0.05) is 15.9 Å². The van der Waals surface area contributed by atoms with E-state index in [0.717, 1.165) is 15.8 Å². The van der Waals surface area contributed by atoms with Gasteiger partial charge in [-0.25, -0.2) is 0 Å². The lowest BCUT2D eigenvalue weighted by Crippen LogP contribution is -2.13. The van der Waals surface area contributed by atoms with Crippen LogP contribution >= 0.6 is 15.9 Å². The van der Waals surface area contributed by atoms with Gasteiger partial charge in [0.1, 0.15) is 0 Å². The molecule has 0 spiro atoms. The molecule has 0 aliphatic rings. The minimum Gasteiger partial charge on any atom is -0.378 e. The Morgan fingerprint density at radius 2 is 1.58 bits per heavy atom. The van der Waals surface area contributed by atoms with E-state index in [1.54, 1.807) is 0 Å². The van der Waals surface area contributed by atoms with Crippen molar-refractivity contribution in [2.75, 3.05) is 24.3 Å². The third kappa shape index (κ3) is 3.58. The number of anilines is 2. The average molecular weight is 319 g/mol. The summed E-state index contributed by atoms with van der Waals surface area (Å²) in [6, 6.07) is 15.0. The maximum absolute atomic E-state index is 12.0. The van der Waals surface area contributed by atoms with E-state index in [2.05, 4.69) is 21.2 Å². The van der Waals surface area contributed by atoms with Crippen molar-refractivity contribution in [3.05, 3.63) is 58.6 Å². The highest BCUT2D eigenvalue weighted by Gasteiger charge is 2.06. The lowest BCUT2D eigenvalue weighted by molar-refractivity contribution is 0.102. The maximum atomic E-state index is 12.0. The monoisotopic (exact) mass is 318 g/mol. The molecule has 0 saturated carbocycles. The van der Waals surface area contributed by atoms with Gasteiger partial charge in [-0.05, 0) is 48.5 Å². The standard InChI is InChI=1S/C15H15BrN2O/c1-18(2)14-9-3-11(4-10-14)15(19)17-13-7-5-12(16)6-8-13/h3-10H,1-2H3,(H,17,19).